The van der Waals surface area contributed by atoms with E-state index >= 15 is 0 Å². The highest BCUT2D eigenvalue weighted by molar-refractivity contribution is 5.74. The summed E-state index contributed by atoms with van der Waals surface area (Å²) in [6, 6.07) is 8.02. The van der Waals surface area contributed by atoms with Crippen LogP contribution < -0.4 is 10.1 Å². The van der Waals surface area contributed by atoms with Gasteiger partial charge in [-0.15, -0.1) is 0 Å². The van der Waals surface area contributed by atoms with Crippen molar-refractivity contribution >= 4 is 6.03 Å². The first-order valence-corrected chi connectivity index (χ1v) is 8.72. The standard InChI is InChI=1S/C19H28N4O2/c1-5-9-21-19(24)23(15(2)3)14-18-20-10-11-22(18)13-16-7-6-8-17(12-16)25-4/h6-8,10-12,15H,5,9,13-14H2,1-4H3,(H,21,24). The number of rotatable bonds is 8. The lowest BCUT2D eigenvalue weighted by Crippen LogP contribution is -2.44. The molecule has 0 bridgehead atoms. The number of methoxy groups -OCH3 is 1. The molecule has 1 aromatic carbocycles. The molecule has 1 aromatic heterocycles. The Morgan fingerprint density at radius 3 is 2.88 bits per heavy atom. The van der Waals surface area contributed by atoms with Crippen LogP contribution in [0, 0.1) is 0 Å². The van der Waals surface area contributed by atoms with E-state index in [-0.39, 0.29) is 12.1 Å². The number of aromatic nitrogens is 2. The van der Waals surface area contributed by atoms with Crippen molar-refractivity contribution in [3.05, 3.63) is 48.0 Å². The Morgan fingerprint density at radius 1 is 1.40 bits per heavy atom. The Labute approximate surface area is 149 Å². The Bertz CT molecular complexity index is 682. The van der Waals surface area contributed by atoms with Crippen molar-refractivity contribution in [2.45, 2.75) is 46.3 Å². The highest BCUT2D eigenvalue weighted by atomic mass is 16.5. The molecule has 0 aliphatic carbocycles. The van der Waals surface area contributed by atoms with Crippen molar-refractivity contribution < 1.29 is 9.53 Å². The minimum atomic E-state index is -0.0484. The van der Waals surface area contributed by atoms with Crippen molar-refractivity contribution in [2.75, 3.05) is 13.7 Å². The van der Waals surface area contributed by atoms with E-state index in [1.54, 1.807) is 18.2 Å². The third-order valence-corrected chi connectivity index (χ3v) is 4.01. The third kappa shape index (κ3) is 5.24. The van der Waals surface area contributed by atoms with Crippen LogP contribution >= 0.6 is 0 Å². The lowest BCUT2D eigenvalue weighted by atomic mass is 10.2. The van der Waals surface area contributed by atoms with Crippen LogP contribution in [0.2, 0.25) is 0 Å². The van der Waals surface area contributed by atoms with Crippen LogP contribution in [0.3, 0.4) is 0 Å². The maximum atomic E-state index is 12.4. The van der Waals surface area contributed by atoms with E-state index in [1.807, 2.05) is 45.2 Å². The molecule has 0 unspecified atom stereocenters. The Balaban J connectivity index is 2.12. The number of benzene rings is 1. The second-order valence-corrected chi connectivity index (χ2v) is 6.28. The van der Waals surface area contributed by atoms with Crippen LogP contribution in [0.15, 0.2) is 36.7 Å². The minimum absolute atomic E-state index is 0.0484. The number of nitrogens with zero attached hydrogens (tertiary/aromatic N) is 3. The summed E-state index contributed by atoms with van der Waals surface area (Å²) in [6.07, 6.45) is 4.64. The van der Waals surface area contributed by atoms with Gasteiger partial charge >= 0.3 is 6.03 Å². The molecular formula is C19H28N4O2. The smallest absolute Gasteiger partial charge is 0.318 e. The zero-order valence-electron chi connectivity index (χ0n) is 15.5. The van der Waals surface area contributed by atoms with Crippen LogP contribution in [0.4, 0.5) is 4.79 Å². The fourth-order valence-electron chi connectivity index (χ4n) is 2.58. The molecule has 0 radical (unpaired) electrons. The average molecular weight is 344 g/mol. The monoisotopic (exact) mass is 344 g/mol. The van der Waals surface area contributed by atoms with Crippen molar-refractivity contribution in [1.29, 1.82) is 0 Å². The minimum Gasteiger partial charge on any atom is -0.497 e. The Morgan fingerprint density at radius 2 is 2.20 bits per heavy atom. The molecular weight excluding hydrogens is 316 g/mol. The number of amides is 2. The summed E-state index contributed by atoms with van der Waals surface area (Å²) in [5.41, 5.74) is 1.13. The van der Waals surface area contributed by atoms with Gasteiger partial charge in [0.05, 0.1) is 13.7 Å². The zero-order valence-corrected chi connectivity index (χ0v) is 15.5. The summed E-state index contributed by atoms with van der Waals surface area (Å²) in [5.74, 6) is 1.70. The Hall–Kier alpha value is -2.50. The molecule has 0 atom stereocenters. The van der Waals surface area contributed by atoms with Gasteiger partial charge in [-0.1, -0.05) is 19.1 Å². The molecule has 0 aliphatic rings. The van der Waals surface area contributed by atoms with Gasteiger partial charge in [-0.05, 0) is 38.0 Å². The van der Waals surface area contributed by atoms with E-state index in [0.717, 1.165) is 23.6 Å². The quantitative estimate of drug-likeness (QED) is 0.799. The second-order valence-electron chi connectivity index (χ2n) is 6.28. The molecule has 0 spiro atoms. The first-order valence-electron chi connectivity index (χ1n) is 8.72. The van der Waals surface area contributed by atoms with Gasteiger partial charge < -0.3 is 19.5 Å². The maximum Gasteiger partial charge on any atom is 0.318 e. The number of nitrogens with one attached hydrogen (secondary N) is 1. The predicted octanol–water partition coefficient (Wildman–Crippen LogP) is 3.27. The van der Waals surface area contributed by atoms with Gasteiger partial charge in [0.2, 0.25) is 0 Å². The van der Waals surface area contributed by atoms with E-state index in [1.165, 1.54) is 0 Å². The average Bonchev–Trinajstić information content (AvgIpc) is 3.04. The van der Waals surface area contributed by atoms with E-state index in [0.29, 0.717) is 19.6 Å². The van der Waals surface area contributed by atoms with Crippen LogP contribution in [0.1, 0.15) is 38.6 Å². The predicted molar refractivity (Wildman–Crippen MR) is 98.7 cm³/mol. The van der Waals surface area contributed by atoms with Gasteiger partial charge in [-0.2, -0.15) is 0 Å². The van der Waals surface area contributed by atoms with Gasteiger partial charge in [-0.3, -0.25) is 0 Å². The summed E-state index contributed by atoms with van der Waals surface area (Å²) in [4.78, 5) is 18.6. The number of urea groups is 1. The highest BCUT2D eigenvalue weighted by Gasteiger charge is 2.19. The lowest BCUT2D eigenvalue weighted by molar-refractivity contribution is 0.177. The molecule has 6 heteroatoms. The summed E-state index contributed by atoms with van der Waals surface area (Å²) in [7, 11) is 1.66. The fraction of sp³-hybridized carbons (Fsp3) is 0.474. The van der Waals surface area contributed by atoms with E-state index in [2.05, 4.69) is 20.9 Å². The summed E-state index contributed by atoms with van der Waals surface area (Å²) in [6.45, 7) is 7.92. The number of carbonyl (C=O) groups excluding carboxylic acids is 1. The number of imidazole rings is 1. The van der Waals surface area contributed by atoms with Crippen molar-refractivity contribution in [2.24, 2.45) is 0 Å². The van der Waals surface area contributed by atoms with Gasteiger partial charge in [0.15, 0.2) is 0 Å². The van der Waals surface area contributed by atoms with Crippen LogP contribution in [0.25, 0.3) is 0 Å². The zero-order chi connectivity index (χ0) is 18.2. The van der Waals surface area contributed by atoms with E-state index in [9.17, 15) is 4.79 Å². The molecule has 0 fully saturated rings. The lowest BCUT2D eigenvalue weighted by Gasteiger charge is -2.27. The van der Waals surface area contributed by atoms with Gasteiger partial charge in [0, 0.05) is 31.5 Å². The number of carbonyl (C=O) groups is 1. The largest absolute Gasteiger partial charge is 0.497 e. The topological polar surface area (TPSA) is 59.4 Å². The SMILES string of the molecule is CCCNC(=O)N(Cc1nccn1Cc1cccc(OC)c1)C(C)C. The molecule has 2 aromatic rings. The second kappa shape index (κ2) is 9.11. The molecule has 136 valence electrons. The number of hydrogen-bond donors (Lipinski definition) is 1. The first-order chi connectivity index (χ1) is 12.0. The normalized spacial score (nSPS) is 10.8. The summed E-state index contributed by atoms with van der Waals surface area (Å²) in [5, 5.41) is 2.94. The molecule has 1 N–H and O–H groups in total. The molecule has 0 aliphatic heterocycles. The summed E-state index contributed by atoms with van der Waals surface area (Å²) >= 11 is 0. The third-order valence-electron chi connectivity index (χ3n) is 4.01. The molecule has 6 nitrogen and oxygen atoms in total. The van der Waals surface area contributed by atoms with Crippen molar-refractivity contribution in [1.82, 2.24) is 19.8 Å². The Kier molecular flexibility index (Phi) is 6.86. The van der Waals surface area contributed by atoms with Gasteiger partial charge in [0.1, 0.15) is 11.6 Å². The van der Waals surface area contributed by atoms with Crippen LogP contribution in [0.5, 0.6) is 5.75 Å². The van der Waals surface area contributed by atoms with E-state index in [4.69, 9.17) is 4.74 Å². The van der Waals surface area contributed by atoms with Crippen LogP contribution in [-0.4, -0.2) is 40.2 Å². The molecule has 2 rings (SSSR count). The fourth-order valence-corrected chi connectivity index (χ4v) is 2.58. The van der Waals surface area contributed by atoms with Crippen molar-refractivity contribution in [3.63, 3.8) is 0 Å². The molecule has 0 saturated heterocycles. The summed E-state index contributed by atoms with van der Waals surface area (Å²) < 4.78 is 7.35. The molecule has 1 heterocycles. The maximum absolute atomic E-state index is 12.4. The van der Waals surface area contributed by atoms with Crippen LogP contribution in [-0.2, 0) is 13.1 Å². The highest BCUT2D eigenvalue weighted by Crippen LogP contribution is 2.15. The van der Waals surface area contributed by atoms with Gasteiger partial charge in [-0.25, -0.2) is 9.78 Å². The number of hydrogen-bond acceptors (Lipinski definition) is 3. The first kappa shape index (κ1) is 18.8. The van der Waals surface area contributed by atoms with Gasteiger partial charge in [0.25, 0.3) is 0 Å². The molecule has 2 amide bonds. The van der Waals surface area contributed by atoms with E-state index < -0.39 is 0 Å². The number of ether oxygens (including phenoxy) is 1. The molecule has 25 heavy (non-hydrogen) atoms. The molecule has 0 saturated carbocycles. The van der Waals surface area contributed by atoms with Crippen molar-refractivity contribution in [3.8, 4) is 5.75 Å².